The van der Waals surface area contributed by atoms with E-state index < -0.39 is 6.10 Å². The Balaban J connectivity index is 2.67. The first-order valence-electron chi connectivity index (χ1n) is 4.47. The average Bonchev–Trinajstić information content (AvgIpc) is 2.20. The number of carbonyl (C=O) groups excluding carboxylic acids is 1. The summed E-state index contributed by atoms with van der Waals surface area (Å²) in [7, 11) is 1.63. The number of methoxy groups -OCH3 is 1. The first-order chi connectivity index (χ1) is 6.77. The van der Waals surface area contributed by atoms with E-state index in [0.29, 0.717) is 12.9 Å². The van der Waals surface area contributed by atoms with Crippen LogP contribution in [0.2, 0.25) is 0 Å². The van der Waals surface area contributed by atoms with Gasteiger partial charge in [-0.05, 0) is 11.1 Å². The fraction of sp³-hybridized carbons (Fsp3) is 0.364. The molecule has 0 radical (unpaired) electrons. The molecule has 0 spiro atoms. The van der Waals surface area contributed by atoms with Crippen LogP contribution in [0.25, 0.3) is 0 Å². The molecule has 14 heavy (non-hydrogen) atoms. The first-order valence-corrected chi connectivity index (χ1v) is 4.47. The van der Waals surface area contributed by atoms with Crippen LogP contribution in [0.4, 0.5) is 0 Å². The van der Waals surface area contributed by atoms with Crippen LogP contribution in [0.15, 0.2) is 24.3 Å². The molecular weight excluding hydrogens is 180 g/mol. The highest BCUT2D eigenvalue weighted by molar-refractivity contribution is 5.51. The quantitative estimate of drug-likeness (QED) is 0.722. The molecule has 0 aliphatic rings. The van der Waals surface area contributed by atoms with E-state index in [4.69, 9.17) is 4.74 Å². The molecular formula is C11H14O3. The van der Waals surface area contributed by atoms with Gasteiger partial charge in [0.15, 0.2) is 0 Å². The molecule has 0 aliphatic carbocycles. The van der Waals surface area contributed by atoms with Crippen molar-refractivity contribution >= 4 is 6.29 Å². The molecule has 0 heterocycles. The Morgan fingerprint density at radius 2 is 2.07 bits per heavy atom. The second kappa shape index (κ2) is 5.52. The molecule has 0 bridgehead atoms. The summed E-state index contributed by atoms with van der Waals surface area (Å²) in [6.07, 6.45) is 0.168. The molecule has 1 rings (SSSR count). The van der Waals surface area contributed by atoms with Crippen molar-refractivity contribution in [2.45, 2.75) is 19.1 Å². The van der Waals surface area contributed by atoms with Gasteiger partial charge in [0.1, 0.15) is 6.29 Å². The molecule has 0 aromatic heterocycles. The number of carbonyl (C=O) groups is 1. The minimum atomic E-state index is -0.691. The van der Waals surface area contributed by atoms with Crippen LogP contribution in [-0.4, -0.2) is 18.5 Å². The molecule has 0 saturated carbocycles. The van der Waals surface area contributed by atoms with E-state index in [0.717, 1.165) is 11.1 Å². The Hall–Kier alpha value is -1.19. The number of hydrogen-bond acceptors (Lipinski definition) is 3. The third-order valence-electron chi connectivity index (χ3n) is 1.99. The lowest BCUT2D eigenvalue weighted by molar-refractivity contribution is -0.109. The lowest BCUT2D eigenvalue weighted by atomic mass is 10.1. The lowest BCUT2D eigenvalue weighted by Gasteiger charge is -2.07. The zero-order chi connectivity index (χ0) is 10.4. The number of aldehydes is 1. The maximum absolute atomic E-state index is 10.2. The normalized spacial score (nSPS) is 12.4. The predicted molar refractivity (Wildman–Crippen MR) is 52.8 cm³/mol. The maximum atomic E-state index is 10.2. The highest BCUT2D eigenvalue weighted by Gasteiger charge is 2.05. The van der Waals surface area contributed by atoms with E-state index in [1.807, 2.05) is 24.3 Å². The summed E-state index contributed by atoms with van der Waals surface area (Å²) in [6, 6.07) is 7.38. The van der Waals surface area contributed by atoms with Gasteiger partial charge in [-0.2, -0.15) is 0 Å². The van der Waals surface area contributed by atoms with Gasteiger partial charge in [0.05, 0.1) is 12.7 Å². The molecule has 1 atom stereocenters. The summed E-state index contributed by atoms with van der Waals surface area (Å²) in [4.78, 5) is 10.2. The average molecular weight is 194 g/mol. The van der Waals surface area contributed by atoms with Gasteiger partial charge < -0.3 is 14.6 Å². The maximum Gasteiger partial charge on any atom is 0.122 e. The molecule has 3 nitrogen and oxygen atoms in total. The van der Waals surface area contributed by atoms with Crippen LogP contribution in [0.5, 0.6) is 0 Å². The molecule has 1 unspecified atom stereocenters. The van der Waals surface area contributed by atoms with Crippen LogP contribution in [-0.2, 0) is 16.1 Å². The van der Waals surface area contributed by atoms with Crippen LogP contribution in [0.1, 0.15) is 23.7 Å². The van der Waals surface area contributed by atoms with Crippen molar-refractivity contribution in [1.82, 2.24) is 0 Å². The second-order valence-corrected chi connectivity index (χ2v) is 3.09. The Kier molecular flexibility index (Phi) is 4.29. The summed E-state index contributed by atoms with van der Waals surface area (Å²) >= 11 is 0. The lowest BCUT2D eigenvalue weighted by Crippen LogP contribution is -1.98. The Bertz CT molecular complexity index is 279. The molecule has 76 valence electrons. The van der Waals surface area contributed by atoms with E-state index in [9.17, 15) is 9.90 Å². The van der Waals surface area contributed by atoms with Crippen molar-refractivity contribution in [3.8, 4) is 0 Å². The van der Waals surface area contributed by atoms with Gasteiger partial charge in [-0.1, -0.05) is 24.3 Å². The summed E-state index contributed by atoms with van der Waals surface area (Å²) < 4.78 is 4.96. The van der Waals surface area contributed by atoms with Gasteiger partial charge in [0.25, 0.3) is 0 Å². The minimum absolute atomic E-state index is 0.142. The van der Waals surface area contributed by atoms with Gasteiger partial charge in [0, 0.05) is 13.5 Å². The molecule has 0 aliphatic heterocycles. The highest BCUT2D eigenvalue weighted by atomic mass is 16.5. The molecule has 0 saturated heterocycles. The number of ether oxygens (including phenoxy) is 1. The van der Waals surface area contributed by atoms with E-state index >= 15 is 0 Å². The SMILES string of the molecule is COCc1ccc(C(O)CC=O)cc1. The van der Waals surface area contributed by atoms with Crippen molar-refractivity contribution in [3.05, 3.63) is 35.4 Å². The zero-order valence-electron chi connectivity index (χ0n) is 8.14. The van der Waals surface area contributed by atoms with Gasteiger partial charge in [-0.3, -0.25) is 0 Å². The van der Waals surface area contributed by atoms with E-state index in [1.54, 1.807) is 7.11 Å². The molecule has 3 heteroatoms. The fourth-order valence-corrected chi connectivity index (χ4v) is 1.23. The zero-order valence-corrected chi connectivity index (χ0v) is 8.14. The largest absolute Gasteiger partial charge is 0.388 e. The van der Waals surface area contributed by atoms with E-state index in [-0.39, 0.29) is 6.42 Å². The topological polar surface area (TPSA) is 46.5 Å². The summed E-state index contributed by atoms with van der Waals surface area (Å²) in [5.74, 6) is 0. The highest BCUT2D eigenvalue weighted by Crippen LogP contribution is 2.16. The summed E-state index contributed by atoms with van der Waals surface area (Å²) in [5.41, 5.74) is 1.81. The monoisotopic (exact) mass is 194 g/mol. The molecule has 0 fully saturated rings. The van der Waals surface area contributed by atoms with E-state index in [2.05, 4.69) is 0 Å². The number of benzene rings is 1. The smallest absolute Gasteiger partial charge is 0.122 e. The Labute approximate surface area is 83.3 Å². The van der Waals surface area contributed by atoms with Crippen molar-refractivity contribution in [2.75, 3.05) is 7.11 Å². The van der Waals surface area contributed by atoms with Gasteiger partial charge in [0.2, 0.25) is 0 Å². The van der Waals surface area contributed by atoms with Crippen molar-refractivity contribution in [2.24, 2.45) is 0 Å². The summed E-state index contributed by atoms with van der Waals surface area (Å²) in [6.45, 7) is 0.560. The third-order valence-corrected chi connectivity index (χ3v) is 1.99. The third kappa shape index (κ3) is 2.94. The van der Waals surface area contributed by atoms with Crippen LogP contribution in [0, 0.1) is 0 Å². The second-order valence-electron chi connectivity index (χ2n) is 3.09. The van der Waals surface area contributed by atoms with Crippen molar-refractivity contribution < 1.29 is 14.6 Å². The number of rotatable bonds is 5. The molecule has 0 amide bonds. The van der Waals surface area contributed by atoms with E-state index in [1.165, 1.54) is 0 Å². The predicted octanol–water partition coefficient (Wildman–Crippen LogP) is 1.46. The van der Waals surface area contributed by atoms with Crippen LogP contribution < -0.4 is 0 Å². The molecule has 1 N–H and O–H groups in total. The number of hydrogen-bond donors (Lipinski definition) is 1. The number of aliphatic hydroxyl groups excluding tert-OH is 1. The van der Waals surface area contributed by atoms with Crippen LogP contribution >= 0.6 is 0 Å². The van der Waals surface area contributed by atoms with Crippen LogP contribution in [0.3, 0.4) is 0 Å². The minimum Gasteiger partial charge on any atom is -0.388 e. The van der Waals surface area contributed by atoms with Crippen molar-refractivity contribution in [1.29, 1.82) is 0 Å². The summed E-state index contributed by atoms with van der Waals surface area (Å²) in [5, 5.41) is 9.48. The molecule has 1 aromatic rings. The fourth-order valence-electron chi connectivity index (χ4n) is 1.23. The van der Waals surface area contributed by atoms with Gasteiger partial charge in [-0.15, -0.1) is 0 Å². The first kappa shape index (κ1) is 10.9. The number of aliphatic hydroxyl groups is 1. The Morgan fingerprint density at radius 1 is 1.43 bits per heavy atom. The molecule has 1 aromatic carbocycles. The Morgan fingerprint density at radius 3 is 2.57 bits per heavy atom. The van der Waals surface area contributed by atoms with Gasteiger partial charge >= 0.3 is 0 Å². The standard InChI is InChI=1S/C11H14O3/c1-14-8-9-2-4-10(5-3-9)11(13)6-7-12/h2-5,7,11,13H,6,8H2,1H3. The van der Waals surface area contributed by atoms with Crippen molar-refractivity contribution in [3.63, 3.8) is 0 Å². The van der Waals surface area contributed by atoms with Gasteiger partial charge in [-0.25, -0.2) is 0 Å².